The molecule has 23 heavy (non-hydrogen) atoms. The Morgan fingerprint density at radius 1 is 1.22 bits per heavy atom. The molecule has 2 aromatic heterocycles. The van der Waals surface area contributed by atoms with Crippen molar-refractivity contribution in [2.45, 2.75) is 19.9 Å². The molecule has 2 heterocycles. The standard InChI is InChI=1S/C18H18N4O/c1-13-7-8-16(12-19-13)18(23)21-14(2)15-5-3-6-17(11-15)22-10-4-9-20-22/h3-12,14H,1-2H3,(H,21,23)/t14-/m1/s1. The molecule has 5 nitrogen and oxygen atoms in total. The lowest BCUT2D eigenvalue weighted by atomic mass is 10.1. The first kappa shape index (κ1) is 15.0. The minimum absolute atomic E-state index is 0.112. The number of aromatic nitrogens is 3. The van der Waals surface area contributed by atoms with Gasteiger partial charge in [-0.1, -0.05) is 12.1 Å². The summed E-state index contributed by atoms with van der Waals surface area (Å²) in [7, 11) is 0. The molecule has 0 aliphatic heterocycles. The van der Waals surface area contributed by atoms with Crippen LogP contribution >= 0.6 is 0 Å². The first-order valence-corrected chi connectivity index (χ1v) is 7.47. The molecule has 0 saturated heterocycles. The van der Waals surface area contributed by atoms with Crippen molar-refractivity contribution in [1.29, 1.82) is 0 Å². The number of nitrogens with zero attached hydrogens (tertiary/aromatic N) is 3. The molecule has 0 bridgehead atoms. The van der Waals surface area contributed by atoms with Gasteiger partial charge in [-0.2, -0.15) is 5.10 Å². The van der Waals surface area contributed by atoms with Crippen LogP contribution in [0.3, 0.4) is 0 Å². The van der Waals surface area contributed by atoms with Gasteiger partial charge in [-0.3, -0.25) is 9.78 Å². The first-order valence-electron chi connectivity index (χ1n) is 7.47. The van der Waals surface area contributed by atoms with Crippen molar-refractivity contribution in [3.63, 3.8) is 0 Å². The van der Waals surface area contributed by atoms with Gasteiger partial charge < -0.3 is 5.32 Å². The van der Waals surface area contributed by atoms with Crippen molar-refractivity contribution in [3.05, 3.63) is 77.9 Å². The van der Waals surface area contributed by atoms with E-state index in [1.165, 1.54) is 0 Å². The molecule has 1 N–H and O–H groups in total. The molecular formula is C18H18N4O. The molecule has 1 amide bonds. The van der Waals surface area contributed by atoms with Crippen LogP contribution < -0.4 is 5.32 Å². The molecule has 5 heteroatoms. The fraction of sp³-hybridized carbons (Fsp3) is 0.167. The maximum atomic E-state index is 12.3. The van der Waals surface area contributed by atoms with E-state index in [0.29, 0.717) is 5.56 Å². The zero-order valence-electron chi connectivity index (χ0n) is 13.1. The van der Waals surface area contributed by atoms with Crippen LogP contribution in [0.15, 0.2) is 61.1 Å². The number of nitrogens with one attached hydrogen (secondary N) is 1. The van der Waals surface area contributed by atoms with Crippen molar-refractivity contribution in [2.75, 3.05) is 0 Å². The Morgan fingerprint density at radius 3 is 2.78 bits per heavy atom. The molecule has 3 aromatic rings. The molecule has 0 aliphatic rings. The lowest BCUT2D eigenvalue weighted by molar-refractivity contribution is 0.0939. The Morgan fingerprint density at radius 2 is 2.09 bits per heavy atom. The van der Waals surface area contributed by atoms with Crippen molar-refractivity contribution in [2.24, 2.45) is 0 Å². The lowest BCUT2D eigenvalue weighted by Gasteiger charge is -2.15. The van der Waals surface area contributed by atoms with E-state index < -0.39 is 0 Å². The van der Waals surface area contributed by atoms with Crippen LogP contribution in [0.4, 0.5) is 0 Å². The maximum absolute atomic E-state index is 12.3. The highest BCUT2D eigenvalue weighted by atomic mass is 16.1. The highest BCUT2D eigenvalue weighted by Gasteiger charge is 2.12. The number of aryl methyl sites for hydroxylation is 1. The lowest BCUT2D eigenvalue weighted by Crippen LogP contribution is -2.26. The molecule has 0 spiro atoms. The van der Waals surface area contributed by atoms with Gasteiger partial charge in [-0.15, -0.1) is 0 Å². The summed E-state index contributed by atoms with van der Waals surface area (Å²) < 4.78 is 1.79. The van der Waals surface area contributed by atoms with Crippen LogP contribution in [0.1, 0.15) is 34.6 Å². The van der Waals surface area contributed by atoms with Gasteiger partial charge in [0.15, 0.2) is 0 Å². The van der Waals surface area contributed by atoms with Crippen LogP contribution in [-0.2, 0) is 0 Å². The van der Waals surface area contributed by atoms with E-state index in [1.54, 1.807) is 23.1 Å². The SMILES string of the molecule is Cc1ccc(C(=O)N[C@H](C)c2cccc(-n3cccn3)c2)cn1. The highest BCUT2D eigenvalue weighted by Crippen LogP contribution is 2.17. The van der Waals surface area contributed by atoms with Crippen LogP contribution in [-0.4, -0.2) is 20.7 Å². The van der Waals surface area contributed by atoms with Crippen molar-refractivity contribution >= 4 is 5.91 Å². The largest absolute Gasteiger partial charge is 0.345 e. The van der Waals surface area contributed by atoms with Gasteiger partial charge in [0.25, 0.3) is 5.91 Å². The van der Waals surface area contributed by atoms with Gasteiger partial charge in [-0.25, -0.2) is 4.68 Å². The fourth-order valence-electron chi connectivity index (χ4n) is 2.32. The van der Waals surface area contributed by atoms with E-state index in [-0.39, 0.29) is 11.9 Å². The minimum atomic E-state index is -0.130. The second-order valence-corrected chi connectivity index (χ2v) is 5.43. The predicted octanol–water partition coefficient (Wildman–Crippen LogP) is 3.07. The molecule has 0 radical (unpaired) electrons. The molecule has 1 aromatic carbocycles. The maximum Gasteiger partial charge on any atom is 0.253 e. The minimum Gasteiger partial charge on any atom is -0.345 e. The van der Waals surface area contributed by atoms with Crippen molar-refractivity contribution in [1.82, 2.24) is 20.1 Å². The van der Waals surface area contributed by atoms with Gasteiger partial charge in [-0.05, 0) is 49.7 Å². The Bertz CT molecular complexity index is 794. The van der Waals surface area contributed by atoms with E-state index in [9.17, 15) is 4.79 Å². The average molecular weight is 306 g/mol. The zero-order valence-corrected chi connectivity index (χ0v) is 13.1. The number of hydrogen-bond donors (Lipinski definition) is 1. The third-order valence-electron chi connectivity index (χ3n) is 3.66. The first-order chi connectivity index (χ1) is 11.1. The second-order valence-electron chi connectivity index (χ2n) is 5.43. The fourth-order valence-corrected chi connectivity index (χ4v) is 2.32. The normalized spacial score (nSPS) is 11.9. The Kier molecular flexibility index (Phi) is 4.19. The van der Waals surface area contributed by atoms with E-state index in [0.717, 1.165) is 16.9 Å². The number of carbonyl (C=O) groups is 1. The van der Waals surface area contributed by atoms with Gasteiger partial charge in [0, 0.05) is 24.3 Å². The number of rotatable bonds is 4. The second kappa shape index (κ2) is 6.44. The number of hydrogen-bond acceptors (Lipinski definition) is 3. The molecule has 116 valence electrons. The summed E-state index contributed by atoms with van der Waals surface area (Å²) in [6.07, 6.45) is 5.22. The number of amides is 1. The highest BCUT2D eigenvalue weighted by molar-refractivity contribution is 5.94. The molecule has 0 aliphatic carbocycles. The summed E-state index contributed by atoms with van der Waals surface area (Å²) in [5, 5.41) is 7.22. The van der Waals surface area contributed by atoms with Gasteiger partial charge >= 0.3 is 0 Å². The summed E-state index contributed by atoms with van der Waals surface area (Å²) in [5.74, 6) is -0.130. The van der Waals surface area contributed by atoms with Crippen molar-refractivity contribution < 1.29 is 4.79 Å². The zero-order chi connectivity index (χ0) is 16.2. The van der Waals surface area contributed by atoms with Crippen LogP contribution in [0.5, 0.6) is 0 Å². The summed E-state index contributed by atoms with van der Waals surface area (Å²) in [4.78, 5) is 16.4. The Hall–Kier alpha value is -2.95. The van der Waals surface area contributed by atoms with E-state index >= 15 is 0 Å². The van der Waals surface area contributed by atoms with Gasteiger partial charge in [0.1, 0.15) is 0 Å². The molecule has 3 rings (SSSR count). The van der Waals surface area contributed by atoms with Crippen LogP contribution in [0, 0.1) is 6.92 Å². The molecule has 0 saturated carbocycles. The number of pyridine rings is 1. The molecule has 1 atom stereocenters. The molecule has 0 unspecified atom stereocenters. The predicted molar refractivity (Wildman–Crippen MR) is 88.4 cm³/mol. The van der Waals surface area contributed by atoms with Crippen LogP contribution in [0.25, 0.3) is 5.69 Å². The quantitative estimate of drug-likeness (QED) is 0.806. The monoisotopic (exact) mass is 306 g/mol. The van der Waals surface area contributed by atoms with Crippen molar-refractivity contribution in [3.8, 4) is 5.69 Å². The third-order valence-corrected chi connectivity index (χ3v) is 3.66. The Labute approximate surface area is 135 Å². The summed E-state index contributed by atoms with van der Waals surface area (Å²) in [6, 6.07) is 13.3. The average Bonchev–Trinajstić information content (AvgIpc) is 3.10. The van der Waals surface area contributed by atoms with E-state index in [2.05, 4.69) is 15.4 Å². The molecular weight excluding hydrogens is 288 g/mol. The summed E-state index contributed by atoms with van der Waals surface area (Å²) in [6.45, 7) is 3.85. The van der Waals surface area contributed by atoms with E-state index in [1.807, 2.05) is 56.4 Å². The van der Waals surface area contributed by atoms with Gasteiger partial charge in [0.05, 0.1) is 17.3 Å². The molecule has 0 fully saturated rings. The third kappa shape index (κ3) is 3.45. The summed E-state index contributed by atoms with van der Waals surface area (Å²) in [5.41, 5.74) is 3.43. The number of benzene rings is 1. The topological polar surface area (TPSA) is 59.8 Å². The Balaban J connectivity index is 1.75. The van der Waals surface area contributed by atoms with Crippen LogP contribution in [0.2, 0.25) is 0 Å². The van der Waals surface area contributed by atoms with E-state index in [4.69, 9.17) is 0 Å². The smallest absolute Gasteiger partial charge is 0.253 e. The van der Waals surface area contributed by atoms with Gasteiger partial charge in [0.2, 0.25) is 0 Å². The number of carbonyl (C=O) groups excluding carboxylic acids is 1. The summed E-state index contributed by atoms with van der Waals surface area (Å²) >= 11 is 0.